The first-order chi connectivity index (χ1) is 7.95. The maximum atomic E-state index is 9.72. The Kier molecular flexibility index (Phi) is 3.00. The highest BCUT2D eigenvalue weighted by Gasteiger charge is 2.47. The Morgan fingerprint density at radius 1 is 1.53 bits per heavy atom. The van der Waals surface area contributed by atoms with E-state index in [0.717, 1.165) is 23.6 Å². The topological polar surface area (TPSA) is 54.4 Å². The molecule has 4 heteroatoms. The summed E-state index contributed by atoms with van der Waals surface area (Å²) in [4.78, 5) is 4.20. The summed E-state index contributed by atoms with van der Waals surface area (Å²) < 4.78 is 5.28. The number of anilines is 1. The van der Waals surface area contributed by atoms with E-state index in [1.165, 1.54) is 0 Å². The zero-order valence-electron chi connectivity index (χ0n) is 10.8. The first kappa shape index (κ1) is 12.2. The molecule has 1 fully saturated rings. The molecule has 1 saturated carbocycles. The highest BCUT2D eigenvalue weighted by Crippen LogP contribution is 2.43. The number of rotatable bonds is 3. The van der Waals surface area contributed by atoms with Crippen LogP contribution in [0.25, 0.3) is 0 Å². The van der Waals surface area contributed by atoms with Crippen LogP contribution in [0, 0.1) is 12.3 Å². The van der Waals surface area contributed by atoms with Crippen LogP contribution in [0.1, 0.15) is 26.0 Å². The van der Waals surface area contributed by atoms with E-state index in [-0.39, 0.29) is 17.6 Å². The van der Waals surface area contributed by atoms with Gasteiger partial charge in [0.25, 0.3) is 0 Å². The molecule has 1 aliphatic rings. The average Bonchev–Trinajstić information content (AvgIpc) is 2.29. The fourth-order valence-electron chi connectivity index (χ4n) is 2.16. The molecule has 0 bridgehead atoms. The number of methoxy groups -OCH3 is 1. The van der Waals surface area contributed by atoms with Gasteiger partial charge in [0, 0.05) is 17.2 Å². The number of nitrogens with one attached hydrogen (secondary N) is 1. The Hall–Kier alpha value is -1.29. The van der Waals surface area contributed by atoms with E-state index >= 15 is 0 Å². The molecular formula is C13H20N2O2. The summed E-state index contributed by atoms with van der Waals surface area (Å²) in [6, 6.07) is 2.24. The smallest absolute Gasteiger partial charge is 0.160 e. The molecule has 94 valence electrons. The first-order valence-electron chi connectivity index (χ1n) is 5.90. The molecule has 0 aromatic carbocycles. The van der Waals surface area contributed by atoms with Gasteiger partial charge in [0.15, 0.2) is 5.75 Å². The number of hydrogen-bond donors (Lipinski definition) is 2. The number of hydrogen-bond acceptors (Lipinski definition) is 4. The van der Waals surface area contributed by atoms with Gasteiger partial charge in [0.2, 0.25) is 0 Å². The van der Waals surface area contributed by atoms with Gasteiger partial charge in [-0.2, -0.15) is 0 Å². The summed E-state index contributed by atoms with van der Waals surface area (Å²) in [5, 5.41) is 13.2. The second-order valence-corrected chi connectivity index (χ2v) is 5.30. The minimum atomic E-state index is -0.228. The number of nitrogens with zero attached hydrogens (tertiary/aromatic N) is 1. The summed E-state index contributed by atoms with van der Waals surface area (Å²) in [6.45, 7) is 6.09. The number of aromatic nitrogens is 1. The van der Waals surface area contributed by atoms with E-state index in [9.17, 15) is 5.11 Å². The zero-order chi connectivity index (χ0) is 12.6. The van der Waals surface area contributed by atoms with Gasteiger partial charge in [0.1, 0.15) is 0 Å². The van der Waals surface area contributed by atoms with E-state index in [1.807, 2.05) is 13.0 Å². The second kappa shape index (κ2) is 4.18. The van der Waals surface area contributed by atoms with Crippen LogP contribution in [0.5, 0.6) is 5.75 Å². The zero-order valence-corrected chi connectivity index (χ0v) is 10.8. The normalized spacial score (nSPS) is 26.2. The third kappa shape index (κ3) is 2.09. The minimum Gasteiger partial charge on any atom is -0.493 e. The Bertz CT molecular complexity index is 418. The van der Waals surface area contributed by atoms with Crippen LogP contribution in [0.15, 0.2) is 12.3 Å². The van der Waals surface area contributed by atoms with Crippen molar-refractivity contribution in [2.45, 2.75) is 39.3 Å². The predicted octanol–water partition coefficient (Wildman–Crippen LogP) is 1.97. The maximum Gasteiger partial charge on any atom is 0.160 e. The molecule has 1 heterocycles. The summed E-state index contributed by atoms with van der Waals surface area (Å²) in [5.41, 5.74) is 1.80. The molecule has 0 aliphatic heterocycles. The van der Waals surface area contributed by atoms with Crippen molar-refractivity contribution in [1.29, 1.82) is 0 Å². The molecule has 0 radical (unpaired) electrons. The van der Waals surface area contributed by atoms with Crippen LogP contribution >= 0.6 is 0 Å². The highest BCUT2D eigenvalue weighted by molar-refractivity contribution is 5.57. The van der Waals surface area contributed by atoms with Crippen molar-refractivity contribution in [1.82, 2.24) is 4.98 Å². The second-order valence-electron chi connectivity index (χ2n) is 5.30. The van der Waals surface area contributed by atoms with Crippen LogP contribution in [0.3, 0.4) is 0 Å². The van der Waals surface area contributed by atoms with Gasteiger partial charge in [-0.15, -0.1) is 0 Å². The Morgan fingerprint density at radius 3 is 2.76 bits per heavy atom. The standard InChI is InChI=1S/C13H20N2O2/c1-8-5-9(10(17-4)7-14-8)15-11-6-12(16)13(11,2)3/h5,7,11-12,16H,6H2,1-4H3,(H,14,15). The fourth-order valence-corrected chi connectivity index (χ4v) is 2.16. The molecule has 1 aromatic rings. The molecule has 2 unspecified atom stereocenters. The average molecular weight is 236 g/mol. The molecule has 0 amide bonds. The summed E-state index contributed by atoms with van der Waals surface area (Å²) >= 11 is 0. The predicted molar refractivity (Wildman–Crippen MR) is 67.3 cm³/mol. The number of aliphatic hydroxyl groups is 1. The van der Waals surface area contributed by atoms with Crippen molar-refractivity contribution >= 4 is 5.69 Å². The minimum absolute atomic E-state index is 0.0951. The molecule has 0 spiro atoms. The monoisotopic (exact) mass is 236 g/mol. The van der Waals surface area contributed by atoms with Crippen molar-refractivity contribution in [3.63, 3.8) is 0 Å². The van der Waals surface area contributed by atoms with Gasteiger partial charge >= 0.3 is 0 Å². The molecule has 1 aliphatic carbocycles. The van der Waals surface area contributed by atoms with Crippen LogP contribution in [0.2, 0.25) is 0 Å². The van der Waals surface area contributed by atoms with Crippen LogP contribution in [-0.4, -0.2) is 29.3 Å². The number of ether oxygens (including phenoxy) is 1. The number of aryl methyl sites for hydroxylation is 1. The van der Waals surface area contributed by atoms with Gasteiger partial charge in [-0.25, -0.2) is 0 Å². The quantitative estimate of drug-likeness (QED) is 0.842. The van der Waals surface area contributed by atoms with E-state index in [1.54, 1.807) is 13.3 Å². The summed E-state index contributed by atoms with van der Waals surface area (Å²) in [7, 11) is 1.64. The van der Waals surface area contributed by atoms with Gasteiger partial charge in [0.05, 0.1) is 25.1 Å². The van der Waals surface area contributed by atoms with Crippen molar-refractivity contribution in [2.75, 3.05) is 12.4 Å². The Balaban J connectivity index is 2.16. The lowest BCUT2D eigenvalue weighted by atomic mass is 9.64. The van der Waals surface area contributed by atoms with Gasteiger partial charge in [-0.1, -0.05) is 13.8 Å². The third-order valence-electron chi connectivity index (χ3n) is 3.77. The van der Waals surface area contributed by atoms with E-state index in [4.69, 9.17) is 4.74 Å². The van der Waals surface area contributed by atoms with Crippen LogP contribution in [-0.2, 0) is 0 Å². The molecule has 17 heavy (non-hydrogen) atoms. The SMILES string of the molecule is COc1cnc(C)cc1NC1CC(O)C1(C)C. The number of aliphatic hydroxyl groups excluding tert-OH is 1. The first-order valence-corrected chi connectivity index (χ1v) is 5.90. The molecule has 0 saturated heterocycles. The van der Waals surface area contributed by atoms with E-state index < -0.39 is 0 Å². The third-order valence-corrected chi connectivity index (χ3v) is 3.77. The lowest BCUT2D eigenvalue weighted by Crippen LogP contribution is -2.56. The van der Waals surface area contributed by atoms with Crippen molar-refractivity contribution in [3.05, 3.63) is 18.0 Å². The molecule has 2 atom stereocenters. The Labute approximate surface area is 102 Å². The molecule has 4 nitrogen and oxygen atoms in total. The number of pyridine rings is 1. The van der Waals surface area contributed by atoms with Crippen molar-refractivity contribution in [2.24, 2.45) is 5.41 Å². The maximum absolute atomic E-state index is 9.72. The fraction of sp³-hybridized carbons (Fsp3) is 0.615. The summed E-state index contributed by atoms with van der Waals surface area (Å²) in [6.07, 6.45) is 2.27. The van der Waals surface area contributed by atoms with E-state index in [2.05, 4.69) is 24.1 Å². The highest BCUT2D eigenvalue weighted by atomic mass is 16.5. The van der Waals surface area contributed by atoms with Gasteiger partial charge in [-0.05, 0) is 19.4 Å². The Morgan fingerprint density at radius 2 is 2.24 bits per heavy atom. The molecular weight excluding hydrogens is 216 g/mol. The molecule has 2 N–H and O–H groups in total. The largest absolute Gasteiger partial charge is 0.493 e. The summed E-state index contributed by atoms with van der Waals surface area (Å²) in [5.74, 6) is 0.743. The van der Waals surface area contributed by atoms with Crippen molar-refractivity contribution in [3.8, 4) is 5.75 Å². The molecule has 2 rings (SSSR count). The van der Waals surface area contributed by atoms with Crippen LogP contribution < -0.4 is 10.1 Å². The van der Waals surface area contributed by atoms with Crippen LogP contribution in [0.4, 0.5) is 5.69 Å². The van der Waals surface area contributed by atoms with Gasteiger partial charge < -0.3 is 15.2 Å². The van der Waals surface area contributed by atoms with E-state index in [0.29, 0.717) is 0 Å². The van der Waals surface area contributed by atoms with Crippen molar-refractivity contribution < 1.29 is 9.84 Å². The van der Waals surface area contributed by atoms with Gasteiger partial charge in [-0.3, -0.25) is 4.98 Å². The lowest BCUT2D eigenvalue weighted by Gasteiger charge is -2.49. The lowest BCUT2D eigenvalue weighted by molar-refractivity contribution is -0.0511. The molecule has 1 aromatic heterocycles.